The van der Waals surface area contributed by atoms with Crippen LogP contribution in [0.15, 0.2) is 67.3 Å². The number of nitrogens with zero attached hydrogens (tertiary/aromatic N) is 3. The molecule has 0 spiro atoms. The predicted molar refractivity (Wildman–Crippen MR) is 124 cm³/mol. The average Bonchev–Trinajstić information content (AvgIpc) is 2.83. The van der Waals surface area contributed by atoms with Crippen molar-refractivity contribution >= 4 is 11.9 Å². The van der Waals surface area contributed by atoms with Gasteiger partial charge >= 0.3 is 6.03 Å². The van der Waals surface area contributed by atoms with Gasteiger partial charge in [0.1, 0.15) is 6.04 Å². The van der Waals surface area contributed by atoms with E-state index in [-0.39, 0.29) is 11.9 Å². The van der Waals surface area contributed by atoms with Crippen LogP contribution in [0.2, 0.25) is 0 Å². The van der Waals surface area contributed by atoms with Crippen LogP contribution in [0.4, 0.5) is 4.79 Å². The van der Waals surface area contributed by atoms with Crippen LogP contribution in [0.1, 0.15) is 42.5 Å². The first kappa shape index (κ1) is 23.1. The van der Waals surface area contributed by atoms with Gasteiger partial charge in [0.15, 0.2) is 0 Å². The summed E-state index contributed by atoms with van der Waals surface area (Å²) in [5, 5.41) is 12.1. The molecule has 1 saturated heterocycles. The van der Waals surface area contributed by atoms with Crippen LogP contribution in [0.25, 0.3) is 0 Å². The highest BCUT2D eigenvalue weighted by molar-refractivity contribution is 5.88. The summed E-state index contributed by atoms with van der Waals surface area (Å²) in [5.41, 5.74) is 2.14. The van der Waals surface area contributed by atoms with Crippen LogP contribution in [0.5, 0.6) is 0 Å². The molecule has 3 amide bonds. The third-order valence-electron chi connectivity index (χ3n) is 5.81. The molecule has 1 aliphatic heterocycles. The van der Waals surface area contributed by atoms with E-state index >= 15 is 0 Å². The molecule has 2 aromatic carbocycles. The molecule has 2 aromatic rings. The lowest BCUT2D eigenvalue weighted by molar-refractivity contribution is -0.134. The molecule has 166 valence electrons. The molecule has 1 atom stereocenters. The summed E-state index contributed by atoms with van der Waals surface area (Å²) in [7, 11) is 0. The molecule has 1 N–H and O–H groups in total. The number of piperidine rings is 1. The van der Waals surface area contributed by atoms with E-state index in [9.17, 15) is 9.59 Å². The molecular formula is C26H30N4O2. The molecular weight excluding hydrogens is 400 g/mol. The number of hydrogen-bond acceptors (Lipinski definition) is 3. The van der Waals surface area contributed by atoms with Crippen molar-refractivity contribution in [3.05, 3.63) is 83.9 Å². The van der Waals surface area contributed by atoms with E-state index in [1.165, 1.54) is 0 Å². The monoisotopic (exact) mass is 430 g/mol. The molecule has 0 radical (unpaired) electrons. The van der Waals surface area contributed by atoms with Crippen molar-refractivity contribution in [3.63, 3.8) is 0 Å². The summed E-state index contributed by atoms with van der Waals surface area (Å²) in [6.45, 7) is 8.00. The molecule has 0 aliphatic carbocycles. The fourth-order valence-electron chi connectivity index (χ4n) is 3.89. The van der Waals surface area contributed by atoms with E-state index in [0.29, 0.717) is 37.7 Å². The Morgan fingerprint density at radius 3 is 2.59 bits per heavy atom. The summed E-state index contributed by atoms with van der Waals surface area (Å²) in [6.07, 6.45) is 3.59. The summed E-state index contributed by atoms with van der Waals surface area (Å²) in [4.78, 5) is 30.1. The van der Waals surface area contributed by atoms with E-state index < -0.39 is 6.04 Å². The fraction of sp³-hybridized carbons (Fsp3) is 0.346. The number of benzene rings is 2. The Labute approximate surface area is 190 Å². The Morgan fingerprint density at radius 2 is 1.94 bits per heavy atom. The minimum Gasteiger partial charge on any atom is -0.341 e. The Balaban J connectivity index is 1.79. The van der Waals surface area contributed by atoms with Gasteiger partial charge in [-0.05, 0) is 42.0 Å². The SMILES string of the molecule is C=CCN(Cc1cccc(C#N)c1)C(=O)NC(C(=O)N1CCC(C)CC1)c1ccccc1. The summed E-state index contributed by atoms with van der Waals surface area (Å²) >= 11 is 0. The molecule has 1 aliphatic rings. The molecule has 0 saturated carbocycles. The Morgan fingerprint density at radius 1 is 1.22 bits per heavy atom. The van der Waals surface area contributed by atoms with Crippen LogP contribution in [0, 0.1) is 17.2 Å². The van der Waals surface area contributed by atoms with Crippen molar-refractivity contribution in [2.24, 2.45) is 5.92 Å². The highest BCUT2D eigenvalue weighted by Gasteiger charge is 2.30. The maximum absolute atomic E-state index is 13.4. The molecule has 0 bridgehead atoms. The summed E-state index contributed by atoms with van der Waals surface area (Å²) in [6, 6.07) is 17.5. The number of carbonyl (C=O) groups is 2. The summed E-state index contributed by atoms with van der Waals surface area (Å²) < 4.78 is 0. The van der Waals surface area contributed by atoms with E-state index in [4.69, 9.17) is 5.26 Å². The van der Waals surface area contributed by atoms with Crippen LogP contribution >= 0.6 is 0 Å². The van der Waals surface area contributed by atoms with Crippen molar-refractivity contribution in [3.8, 4) is 6.07 Å². The van der Waals surface area contributed by atoms with E-state index in [1.54, 1.807) is 29.2 Å². The topological polar surface area (TPSA) is 76.4 Å². The predicted octanol–water partition coefficient (Wildman–Crippen LogP) is 4.26. The molecule has 0 aromatic heterocycles. The second-order valence-electron chi connectivity index (χ2n) is 8.28. The Bertz CT molecular complexity index is 975. The lowest BCUT2D eigenvalue weighted by Gasteiger charge is -2.34. The normalized spacial score (nSPS) is 14.8. The standard InChI is InChI=1S/C26H30N4O2/c1-3-14-30(19-22-9-7-8-21(17-22)18-27)26(32)28-24(23-10-5-4-6-11-23)25(31)29-15-12-20(2)13-16-29/h3-11,17,20,24H,1,12-16,19H2,2H3,(H,28,32). The zero-order chi connectivity index (χ0) is 22.9. The van der Waals surface area contributed by atoms with Gasteiger partial charge in [-0.1, -0.05) is 55.5 Å². The number of likely N-dealkylation sites (tertiary alicyclic amines) is 1. The van der Waals surface area contributed by atoms with Crippen molar-refractivity contribution in [2.75, 3.05) is 19.6 Å². The highest BCUT2D eigenvalue weighted by Crippen LogP contribution is 2.22. The van der Waals surface area contributed by atoms with Crippen molar-refractivity contribution in [1.82, 2.24) is 15.1 Å². The van der Waals surface area contributed by atoms with Crippen molar-refractivity contribution in [1.29, 1.82) is 5.26 Å². The number of hydrogen-bond donors (Lipinski definition) is 1. The second-order valence-corrected chi connectivity index (χ2v) is 8.28. The van der Waals surface area contributed by atoms with Gasteiger partial charge in [0.25, 0.3) is 0 Å². The maximum Gasteiger partial charge on any atom is 0.318 e. The Kier molecular flexibility index (Phi) is 8.04. The Hall–Kier alpha value is -3.59. The summed E-state index contributed by atoms with van der Waals surface area (Å²) in [5.74, 6) is 0.526. The van der Waals surface area contributed by atoms with Gasteiger partial charge in [0, 0.05) is 26.2 Å². The van der Waals surface area contributed by atoms with E-state index in [0.717, 1.165) is 24.0 Å². The van der Waals surface area contributed by atoms with Gasteiger partial charge < -0.3 is 15.1 Å². The van der Waals surface area contributed by atoms with Crippen molar-refractivity contribution < 1.29 is 9.59 Å². The first-order valence-electron chi connectivity index (χ1n) is 11.0. The quantitative estimate of drug-likeness (QED) is 0.667. The van der Waals surface area contributed by atoms with Gasteiger partial charge in [-0.25, -0.2) is 4.79 Å². The maximum atomic E-state index is 13.4. The fourth-order valence-corrected chi connectivity index (χ4v) is 3.89. The molecule has 1 fully saturated rings. The molecule has 6 nitrogen and oxygen atoms in total. The van der Waals surface area contributed by atoms with Crippen LogP contribution < -0.4 is 5.32 Å². The van der Waals surface area contributed by atoms with Gasteiger partial charge in [-0.3, -0.25) is 4.79 Å². The van der Waals surface area contributed by atoms with Crippen LogP contribution in [-0.4, -0.2) is 41.4 Å². The number of nitriles is 1. The van der Waals surface area contributed by atoms with Crippen LogP contribution in [-0.2, 0) is 11.3 Å². The van der Waals surface area contributed by atoms with Gasteiger partial charge in [0.2, 0.25) is 5.91 Å². The smallest absolute Gasteiger partial charge is 0.318 e. The number of amides is 3. The number of urea groups is 1. The van der Waals surface area contributed by atoms with Gasteiger partial charge in [-0.2, -0.15) is 5.26 Å². The number of rotatable bonds is 7. The third-order valence-corrected chi connectivity index (χ3v) is 5.81. The zero-order valence-electron chi connectivity index (χ0n) is 18.5. The average molecular weight is 431 g/mol. The van der Waals surface area contributed by atoms with Crippen LogP contribution in [0.3, 0.4) is 0 Å². The first-order valence-corrected chi connectivity index (χ1v) is 11.0. The van der Waals surface area contributed by atoms with E-state index in [1.807, 2.05) is 41.3 Å². The minimum absolute atomic E-state index is 0.0820. The molecule has 1 heterocycles. The lowest BCUT2D eigenvalue weighted by atomic mass is 9.97. The second kappa shape index (κ2) is 11.1. The number of carbonyl (C=O) groups excluding carboxylic acids is 2. The molecule has 6 heteroatoms. The minimum atomic E-state index is -0.755. The lowest BCUT2D eigenvalue weighted by Crippen LogP contribution is -2.49. The molecule has 32 heavy (non-hydrogen) atoms. The molecule has 3 rings (SSSR count). The molecule has 1 unspecified atom stereocenters. The van der Waals surface area contributed by atoms with Crippen molar-refractivity contribution in [2.45, 2.75) is 32.4 Å². The third kappa shape index (κ3) is 5.98. The zero-order valence-corrected chi connectivity index (χ0v) is 18.5. The van der Waals surface area contributed by atoms with E-state index in [2.05, 4.69) is 24.9 Å². The number of nitrogens with one attached hydrogen (secondary N) is 1. The highest BCUT2D eigenvalue weighted by atomic mass is 16.2. The van der Waals surface area contributed by atoms with Gasteiger partial charge in [-0.15, -0.1) is 6.58 Å². The largest absolute Gasteiger partial charge is 0.341 e. The van der Waals surface area contributed by atoms with Gasteiger partial charge in [0.05, 0.1) is 11.6 Å². The first-order chi connectivity index (χ1) is 15.5.